The van der Waals surface area contributed by atoms with E-state index in [4.69, 9.17) is 15.9 Å². The van der Waals surface area contributed by atoms with Crippen LogP contribution in [0.3, 0.4) is 0 Å². The number of aliphatic hydroxyl groups is 1. The molecule has 12 nitrogen and oxygen atoms in total. The number of nitrogens with one attached hydrogen (secondary N) is 3. The highest BCUT2D eigenvalue weighted by molar-refractivity contribution is 5.94. The number of aliphatic carboxylic acids is 2. The Morgan fingerprint density at radius 1 is 0.812 bits per heavy atom. The molecule has 12 heteroatoms. The second kappa shape index (κ2) is 14.4. The van der Waals surface area contributed by atoms with Crippen molar-refractivity contribution in [1.82, 2.24) is 16.0 Å². The maximum absolute atomic E-state index is 13.0. The van der Waals surface area contributed by atoms with Crippen LogP contribution in [0.4, 0.5) is 0 Å². The first-order valence-electron chi connectivity index (χ1n) is 10.6. The average Bonchev–Trinajstić information content (AvgIpc) is 2.75. The van der Waals surface area contributed by atoms with Crippen LogP contribution in [0.15, 0.2) is 0 Å². The second-order valence-electron chi connectivity index (χ2n) is 7.86. The SMILES string of the molecule is CCC(C)C(NC(=O)C(N)CO)C(=O)NC(C(=O)NC(CCC(=O)O)C(=O)O)C(C)CC. The molecule has 0 rings (SSSR count). The van der Waals surface area contributed by atoms with Gasteiger partial charge in [0.05, 0.1) is 6.61 Å². The van der Waals surface area contributed by atoms with Crippen LogP contribution in [-0.2, 0) is 24.0 Å². The number of aliphatic hydroxyl groups excluding tert-OH is 1. The largest absolute Gasteiger partial charge is 0.481 e. The summed E-state index contributed by atoms with van der Waals surface area (Å²) in [5.74, 6) is -5.46. The van der Waals surface area contributed by atoms with Crippen LogP contribution in [0.25, 0.3) is 0 Å². The van der Waals surface area contributed by atoms with E-state index in [9.17, 15) is 29.1 Å². The Kier molecular flexibility index (Phi) is 13.1. The van der Waals surface area contributed by atoms with Crippen molar-refractivity contribution in [2.75, 3.05) is 6.61 Å². The first-order chi connectivity index (χ1) is 14.9. The molecule has 0 saturated heterocycles. The molecule has 0 aromatic rings. The van der Waals surface area contributed by atoms with E-state index in [1.807, 2.05) is 6.92 Å². The second-order valence-corrected chi connectivity index (χ2v) is 7.86. The molecule has 0 saturated carbocycles. The molecule has 6 atom stereocenters. The van der Waals surface area contributed by atoms with E-state index >= 15 is 0 Å². The molecule has 184 valence electrons. The molecule has 32 heavy (non-hydrogen) atoms. The monoisotopic (exact) mass is 460 g/mol. The summed E-state index contributed by atoms with van der Waals surface area (Å²) in [5, 5.41) is 34.5. The molecule has 0 fully saturated rings. The number of amides is 3. The van der Waals surface area contributed by atoms with E-state index in [1.165, 1.54) is 0 Å². The lowest BCUT2D eigenvalue weighted by molar-refractivity contribution is -0.143. The maximum Gasteiger partial charge on any atom is 0.326 e. The van der Waals surface area contributed by atoms with Crippen molar-refractivity contribution in [2.24, 2.45) is 17.6 Å². The Morgan fingerprint density at radius 2 is 1.25 bits per heavy atom. The van der Waals surface area contributed by atoms with Gasteiger partial charge in [-0.2, -0.15) is 0 Å². The topological polar surface area (TPSA) is 208 Å². The Balaban J connectivity index is 5.57. The fraction of sp³-hybridized carbons (Fsp3) is 0.750. The number of hydrogen-bond donors (Lipinski definition) is 7. The van der Waals surface area contributed by atoms with E-state index in [0.717, 1.165) is 0 Å². The minimum Gasteiger partial charge on any atom is -0.481 e. The van der Waals surface area contributed by atoms with Gasteiger partial charge in [0.25, 0.3) is 0 Å². The zero-order chi connectivity index (χ0) is 25.0. The zero-order valence-electron chi connectivity index (χ0n) is 19.0. The molecular formula is C20H36N4O8. The summed E-state index contributed by atoms with van der Waals surface area (Å²) in [6, 6.07) is -4.80. The van der Waals surface area contributed by atoms with Crippen molar-refractivity contribution < 1.29 is 39.3 Å². The standard InChI is InChI=1S/C20H36N4O8/c1-5-10(3)15(18(29)22-13(20(31)32)7-8-14(26)27)24-19(30)16(11(4)6-2)23-17(28)12(21)9-25/h10-13,15-16,25H,5-9,21H2,1-4H3,(H,22,29)(H,23,28)(H,24,30)(H,26,27)(H,31,32). The summed E-state index contributed by atoms with van der Waals surface area (Å²) in [5.41, 5.74) is 5.50. The van der Waals surface area contributed by atoms with Crippen LogP contribution < -0.4 is 21.7 Å². The lowest BCUT2D eigenvalue weighted by Crippen LogP contribution is -2.60. The lowest BCUT2D eigenvalue weighted by atomic mass is 9.94. The number of carbonyl (C=O) groups is 5. The molecule has 0 aromatic carbocycles. The molecule has 6 unspecified atom stereocenters. The summed E-state index contributed by atoms with van der Waals surface area (Å²) >= 11 is 0. The lowest BCUT2D eigenvalue weighted by Gasteiger charge is -2.30. The molecule has 0 heterocycles. The van der Waals surface area contributed by atoms with Gasteiger partial charge >= 0.3 is 11.9 Å². The molecule has 0 spiro atoms. The predicted molar refractivity (Wildman–Crippen MR) is 114 cm³/mol. The van der Waals surface area contributed by atoms with Gasteiger partial charge in [0.1, 0.15) is 24.2 Å². The van der Waals surface area contributed by atoms with E-state index in [0.29, 0.717) is 12.8 Å². The Hall–Kier alpha value is -2.73. The van der Waals surface area contributed by atoms with Crippen molar-refractivity contribution in [2.45, 2.75) is 77.5 Å². The number of carbonyl (C=O) groups excluding carboxylic acids is 3. The van der Waals surface area contributed by atoms with Gasteiger partial charge in [-0.1, -0.05) is 40.5 Å². The van der Waals surface area contributed by atoms with E-state index in [1.54, 1.807) is 20.8 Å². The molecule has 0 radical (unpaired) electrons. The fourth-order valence-corrected chi connectivity index (χ4v) is 2.78. The molecule has 8 N–H and O–H groups in total. The third-order valence-corrected chi connectivity index (χ3v) is 5.38. The normalized spacial score (nSPS) is 16.6. The Bertz CT molecular complexity index is 672. The van der Waals surface area contributed by atoms with Crippen LogP contribution in [0.1, 0.15) is 53.4 Å². The minimum atomic E-state index is -1.44. The van der Waals surface area contributed by atoms with E-state index in [-0.39, 0.29) is 18.3 Å². The minimum absolute atomic E-state index is 0.317. The fourth-order valence-electron chi connectivity index (χ4n) is 2.78. The zero-order valence-corrected chi connectivity index (χ0v) is 19.0. The first-order valence-corrected chi connectivity index (χ1v) is 10.6. The van der Waals surface area contributed by atoms with E-state index < -0.39 is 66.9 Å². The summed E-state index contributed by atoms with van der Waals surface area (Å²) < 4.78 is 0. The Labute approximate surface area is 187 Å². The van der Waals surface area contributed by atoms with Crippen molar-refractivity contribution in [3.05, 3.63) is 0 Å². The molecule has 0 aliphatic heterocycles. The number of rotatable bonds is 15. The number of carboxylic acids is 2. The molecule has 3 amide bonds. The van der Waals surface area contributed by atoms with Crippen LogP contribution in [0.2, 0.25) is 0 Å². The van der Waals surface area contributed by atoms with Crippen molar-refractivity contribution in [3.8, 4) is 0 Å². The van der Waals surface area contributed by atoms with Crippen LogP contribution in [0.5, 0.6) is 0 Å². The Morgan fingerprint density at radius 3 is 1.62 bits per heavy atom. The van der Waals surface area contributed by atoms with Gasteiger partial charge in [-0.05, 0) is 18.3 Å². The maximum atomic E-state index is 13.0. The van der Waals surface area contributed by atoms with Gasteiger partial charge in [0, 0.05) is 6.42 Å². The summed E-state index contributed by atoms with van der Waals surface area (Å²) in [4.78, 5) is 60.0. The average molecular weight is 461 g/mol. The number of carboxylic acid groups (broad SMARTS) is 2. The van der Waals surface area contributed by atoms with Crippen LogP contribution in [0, 0.1) is 11.8 Å². The van der Waals surface area contributed by atoms with E-state index in [2.05, 4.69) is 16.0 Å². The van der Waals surface area contributed by atoms with Crippen molar-refractivity contribution in [3.63, 3.8) is 0 Å². The molecule has 0 aliphatic rings. The molecule has 0 bridgehead atoms. The van der Waals surface area contributed by atoms with Crippen LogP contribution in [-0.4, -0.2) is 75.8 Å². The molecular weight excluding hydrogens is 424 g/mol. The van der Waals surface area contributed by atoms with Gasteiger partial charge in [-0.3, -0.25) is 19.2 Å². The first kappa shape index (κ1) is 29.3. The van der Waals surface area contributed by atoms with Crippen molar-refractivity contribution in [1.29, 1.82) is 0 Å². The third-order valence-electron chi connectivity index (χ3n) is 5.38. The summed E-state index contributed by atoms with van der Waals surface area (Å²) in [7, 11) is 0. The van der Waals surface area contributed by atoms with Crippen molar-refractivity contribution >= 4 is 29.7 Å². The van der Waals surface area contributed by atoms with Gasteiger partial charge in [0.2, 0.25) is 17.7 Å². The smallest absolute Gasteiger partial charge is 0.326 e. The summed E-state index contributed by atoms with van der Waals surface area (Å²) in [6.07, 6.45) is 0.219. The van der Waals surface area contributed by atoms with Crippen LogP contribution >= 0.6 is 0 Å². The highest BCUT2D eigenvalue weighted by atomic mass is 16.4. The van der Waals surface area contributed by atoms with Gasteiger partial charge in [-0.15, -0.1) is 0 Å². The van der Waals surface area contributed by atoms with Gasteiger partial charge in [-0.25, -0.2) is 4.79 Å². The number of nitrogens with two attached hydrogens (primary N) is 1. The van der Waals surface area contributed by atoms with Gasteiger partial charge in [0.15, 0.2) is 0 Å². The van der Waals surface area contributed by atoms with Gasteiger partial charge < -0.3 is 37.0 Å². The number of hydrogen-bond acceptors (Lipinski definition) is 7. The molecule has 0 aliphatic carbocycles. The summed E-state index contributed by atoms with van der Waals surface area (Å²) in [6.45, 7) is 6.40. The highest BCUT2D eigenvalue weighted by Crippen LogP contribution is 2.13. The highest BCUT2D eigenvalue weighted by Gasteiger charge is 2.34. The predicted octanol–water partition coefficient (Wildman–Crippen LogP) is -1.20. The quantitative estimate of drug-likeness (QED) is 0.156. The third kappa shape index (κ3) is 9.60. The molecule has 0 aromatic heterocycles.